The number of carbonyl (C=O) groups is 1. The molecule has 0 aliphatic carbocycles. The predicted molar refractivity (Wildman–Crippen MR) is 148 cm³/mol. The average molecular weight is 564 g/mol. The van der Waals surface area contributed by atoms with Gasteiger partial charge in [0.2, 0.25) is 0 Å². The molecule has 2 aromatic carbocycles. The Bertz CT molecular complexity index is 1490. The molecular formula is C27H32F3N5O3S. The van der Waals surface area contributed by atoms with E-state index in [0.29, 0.717) is 10.6 Å². The Balaban J connectivity index is 0.000000468. The van der Waals surface area contributed by atoms with Gasteiger partial charge in [0.25, 0.3) is 5.56 Å². The number of para-hydroxylation sites is 1. The number of piperidine rings is 1. The number of thioether (sulfide) groups is 1. The van der Waals surface area contributed by atoms with Gasteiger partial charge >= 0.3 is 12.1 Å². The summed E-state index contributed by atoms with van der Waals surface area (Å²) in [4.78, 5) is 31.5. The van der Waals surface area contributed by atoms with Gasteiger partial charge in [-0.2, -0.15) is 30.0 Å². The van der Waals surface area contributed by atoms with Crippen LogP contribution in [0.3, 0.4) is 0 Å². The number of carboxylic acid groups (broad SMARTS) is 1. The molecule has 3 heterocycles. The van der Waals surface area contributed by atoms with E-state index in [1.807, 2.05) is 54.8 Å². The summed E-state index contributed by atoms with van der Waals surface area (Å²) in [5, 5.41) is 13.9. The quantitative estimate of drug-likeness (QED) is 0.340. The van der Waals surface area contributed by atoms with Crippen molar-refractivity contribution < 1.29 is 23.1 Å². The van der Waals surface area contributed by atoms with E-state index in [4.69, 9.17) is 14.9 Å². The summed E-state index contributed by atoms with van der Waals surface area (Å²) in [5.41, 5.74) is 4.37. The van der Waals surface area contributed by atoms with Crippen LogP contribution < -0.4 is 5.56 Å². The van der Waals surface area contributed by atoms with Crippen molar-refractivity contribution in [3.05, 3.63) is 69.9 Å². The number of aryl methyl sites for hydroxylation is 2. The lowest BCUT2D eigenvalue weighted by Crippen LogP contribution is -2.34. The number of rotatable bonds is 5. The van der Waals surface area contributed by atoms with E-state index in [1.54, 1.807) is 0 Å². The van der Waals surface area contributed by atoms with Crippen molar-refractivity contribution in [3.63, 3.8) is 0 Å². The van der Waals surface area contributed by atoms with E-state index in [9.17, 15) is 18.0 Å². The van der Waals surface area contributed by atoms with E-state index in [1.165, 1.54) is 16.5 Å². The van der Waals surface area contributed by atoms with Crippen LogP contribution in [0.1, 0.15) is 37.2 Å². The van der Waals surface area contributed by atoms with Crippen LogP contribution >= 0.6 is 11.8 Å². The van der Waals surface area contributed by atoms with Crippen molar-refractivity contribution in [2.45, 2.75) is 50.9 Å². The SMILES string of the molecule is C.Cc1cccc2c(=O)[nH]c(CSC3CCN(Cc4ccc5cnn(C)c5c4)CC3)nc12.O=C(O)C(F)(F)F. The fourth-order valence-electron chi connectivity index (χ4n) is 4.40. The summed E-state index contributed by atoms with van der Waals surface area (Å²) in [7, 11) is 1.99. The molecule has 210 valence electrons. The lowest BCUT2D eigenvalue weighted by atomic mass is 10.1. The summed E-state index contributed by atoms with van der Waals surface area (Å²) in [5.74, 6) is -1.22. The topological polar surface area (TPSA) is 104 Å². The van der Waals surface area contributed by atoms with Crippen LogP contribution in [0.4, 0.5) is 13.2 Å². The number of carboxylic acids is 1. The number of fused-ring (bicyclic) bond motifs is 2. The average Bonchev–Trinajstić information content (AvgIpc) is 3.24. The van der Waals surface area contributed by atoms with Crippen LogP contribution in [0.5, 0.6) is 0 Å². The van der Waals surface area contributed by atoms with Gasteiger partial charge in [-0.05, 0) is 56.1 Å². The molecule has 2 aromatic heterocycles. The second kappa shape index (κ2) is 12.6. The number of halogens is 3. The van der Waals surface area contributed by atoms with Crippen LogP contribution in [-0.4, -0.2) is 60.2 Å². The maximum Gasteiger partial charge on any atom is 0.490 e. The van der Waals surface area contributed by atoms with Crippen molar-refractivity contribution in [1.82, 2.24) is 24.6 Å². The van der Waals surface area contributed by atoms with Crippen molar-refractivity contribution in [2.75, 3.05) is 13.1 Å². The number of nitrogens with zero attached hydrogens (tertiary/aromatic N) is 4. The number of hydrogen-bond acceptors (Lipinski definition) is 6. The molecule has 1 saturated heterocycles. The number of likely N-dealkylation sites (tertiary alicyclic amines) is 1. The molecule has 4 aromatic rings. The molecule has 0 amide bonds. The van der Waals surface area contributed by atoms with E-state index in [-0.39, 0.29) is 13.0 Å². The summed E-state index contributed by atoms with van der Waals surface area (Å²) in [6, 6.07) is 12.4. The molecule has 39 heavy (non-hydrogen) atoms. The number of benzene rings is 2. The predicted octanol–water partition coefficient (Wildman–Crippen LogP) is 5.29. The first-order chi connectivity index (χ1) is 18.0. The zero-order chi connectivity index (χ0) is 27.4. The number of hydrogen-bond donors (Lipinski definition) is 2. The number of aromatic amines is 1. The molecule has 1 fully saturated rings. The van der Waals surface area contributed by atoms with Gasteiger partial charge in [-0.3, -0.25) is 14.4 Å². The first kappa shape index (κ1) is 30.2. The summed E-state index contributed by atoms with van der Waals surface area (Å²) in [6.07, 6.45) is -0.842. The second-order valence-electron chi connectivity index (χ2n) is 9.23. The molecule has 0 radical (unpaired) electrons. The Morgan fingerprint density at radius 2 is 1.90 bits per heavy atom. The standard InChI is InChI=1S/C24H27N5OS.C2HF3O2.CH4/c1-16-4-3-5-20-23(16)26-22(27-24(20)30)15-31-19-8-10-29(11-9-19)14-17-6-7-18-13-25-28(2)21(18)12-17;3-2(4,5)1(6)7;/h3-7,12-13,19H,8-11,14-15H2,1-2H3,(H,26,27,30);(H,6,7);1H4. The van der Waals surface area contributed by atoms with Gasteiger partial charge < -0.3 is 10.1 Å². The minimum Gasteiger partial charge on any atom is -0.475 e. The smallest absolute Gasteiger partial charge is 0.475 e. The summed E-state index contributed by atoms with van der Waals surface area (Å²) < 4.78 is 33.7. The molecule has 5 rings (SSSR count). The molecule has 0 unspecified atom stereocenters. The number of H-pyrrole nitrogens is 1. The molecule has 1 aliphatic heterocycles. The number of nitrogens with one attached hydrogen (secondary N) is 1. The number of aliphatic carboxylic acids is 1. The number of alkyl halides is 3. The van der Waals surface area contributed by atoms with Crippen LogP contribution in [0.25, 0.3) is 21.8 Å². The minimum atomic E-state index is -5.08. The van der Waals surface area contributed by atoms with Crippen LogP contribution in [0, 0.1) is 6.92 Å². The van der Waals surface area contributed by atoms with Gasteiger partial charge in [-0.15, -0.1) is 0 Å². The lowest BCUT2D eigenvalue weighted by Gasteiger charge is -2.31. The molecule has 0 saturated carbocycles. The Labute approximate surface area is 228 Å². The first-order valence-electron chi connectivity index (χ1n) is 12.0. The van der Waals surface area contributed by atoms with Gasteiger partial charge in [0, 0.05) is 24.2 Å². The molecule has 0 spiro atoms. The highest BCUT2D eigenvalue weighted by atomic mass is 32.2. The Hall–Kier alpha value is -3.38. The molecule has 1 aliphatic rings. The normalized spacial score (nSPS) is 14.6. The highest BCUT2D eigenvalue weighted by molar-refractivity contribution is 7.99. The zero-order valence-corrected chi connectivity index (χ0v) is 21.8. The summed E-state index contributed by atoms with van der Waals surface area (Å²) in [6.45, 7) is 5.19. The summed E-state index contributed by atoms with van der Waals surface area (Å²) >= 11 is 1.92. The van der Waals surface area contributed by atoms with Crippen molar-refractivity contribution in [3.8, 4) is 0 Å². The van der Waals surface area contributed by atoms with Gasteiger partial charge in [0.15, 0.2) is 0 Å². The van der Waals surface area contributed by atoms with E-state index < -0.39 is 12.1 Å². The van der Waals surface area contributed by atoms with E-state index in [0.717, 1.165) is 55.1 Å². The Morgan fingerprint density at radius 1 is 1.21 bits per heavy atom. The van der Waals surface area contributed by atoms with E-state index >= 15 is 0 Å². The van der Waals surface area contributed by atoms with Crippen molar-refractivity contribution in [1.29, 1.82) is 0 Å². The van der Waals surface area contributed by atoms with Gasteiger partial charge in [0.05, 0.1) is 28.4 Å². The fourth-order valence-corrected chi connectivity index (χ4v) is 5.47. The van der Waals surface area contributed by atoms with Crippen LogP contribution in [0.15, 0.2) is 47.4 Å². The third-order valence-electron chi connectivity index (χ3n) is 6.44. The molecule has 12 heteroatoms. The first-order valence-corrected chi connectivity index (χ1v) is 13.1. The Kier molecular flexibility index (Phi) is 9.78. The highest BCUT2D eigenvalue weighted by Crippen LogP contribution is 2.27. The van der Waals surface area contributed by atoms with Gasteiger partial charge in [0.1, 0.15) is 5.82 Å². The van der Waals surface area contributed by atoms with Crippen molar-refractivity contribution in [2.24, 2.45) is 7.05 Å². The minimum absolute atomic E-state index is 0. The van der Waals surface area contributed by atoms with Gasteiger partial charge in [-0.1, -0.05) is 31.7 Å². The molecule has 2 N–H and O–H groups in total. The van der Waals surface area contributed by atoms with Crippen molar-refractivity contribution >= 4 is 39.5 Å². The number of aromatic nitrogens is 4. The van der Waals surface area contributed by atoms with Crippen LogP contribution in [0.2, 0.25) is 0 Å². The zero-order valence-electron chi connectivity index (χ0n) is 21.0. The van der Waals surface area contributed by atoms with E-state index in [2.05, 4.69) is 33.2 Å². The third-order valence-corrected chi connectivity index (χ3v) is 7.82. The van der Waals surface area contributed by atoms with Gasteiger partial charge in [-0.25, -0.2) is 9.78 Å². The second-order valence-corrected chi connectivity index (χ2v) is 10.5. The molecule has 0 atom stereocenters. The Morgan fingerprint density at radius 3 is 2.56 bits per heavy atom. The highest BCUT2D eigenvalue weighted by Gasteiger charge is 2.38. The molecular weight excluding hydrogens is 531 g/mol. The monoisotopic (exact) mass is 563 g/mol. The molecule has 0 bridgehead atoms. The maximum atomic E-state index is 12.4. The lowest BCUT2D eigenvalue weighted by molar-refractivity contribution is -0.192. The largest absolute Gasteiger partial charge is 0.490 e. The van der Waals surface area contributed by atoms with Crippen LogP contribution in [-0.2, 0) is 24.1 Å². The molecule has 8 nitrogen and oxygen atoms in total. The fraction of sp³-hybridized carbons (Fsp3) is 0.407. The maximum absolute atomic E-state index is 12.4. The third kappa shape index (κ3) is 7.60.